The Labute approximate surface area is 119 Å². The molecule has 0 aliphatic carbocycles. The number of thioether (sulfide) groups is 1. The summed E-state index contributed by atoms with van der Waals surface area (Å²) in [6.07, 6.45) is 0.938. The molecule has 98 valence electrons. The molecular formula is C12H16BrN3OS. The lowest BCUT2D eigenvalue weighted by molar-refractivity contribution is -0.118. The van der Waals surface area contributed by atoms with Crippen LogP contribution in [-0.2, 0) is 4.79 Å². The first kappa shape index (κ1) is 15.0. The molecule has 0 atom stereocenters. The molecule has 0 aromatic heterocycles. The van der Waals surface area contributed by atoms with Crippen LogP contribution in [0.2, 0.25) is 0 Å². The van der Waals surface area contributed by atoms with Gasteiger partial charge in [-0.3, -0.25) is 10.2 Å². The number of nitrogens with two attached hydrogens (primary N) is 1. The summed E-state index contributed by atoms with van der Waals surface area (Å²) in [7, 11) is 0. The van der Waals surface area contributed by atoms with Crippen molar-refractivity contribution < 1.29 is 4.79 Å². The van der Waals surface area contributed by atoms with Crippen molar-refractivity contribution in [1.29, 1.82) is 5.41 Å². The number of nitrogens with one attached hydrogen (secondary N) is 2. The lowest BCUT2D eigenvalue weighted by Crippen LogP contribution is -2.25. The minimum absolute atomic E-state index is 0.0318. The van der Waals surface area contributed by atoms with Crippen LogP contribution in [0.1, 0.15) is 18.9 Å². The Balaban J connectivity index is 2.58. The molecule has 0 saturated carbocycles. The third-order valence-corrected chi connectivity index (χ3v) is 4.17. The molecule has 0 heterocycles. The van der Waals surface area contributed by atoms with Gasteiger partial charge in [0.2, 0.25) is 5.91 Å². The zero-order valence-corrected chi connectivity index (χ0v) is 12.5. The summed E-state index contributed by atoms with van der Waals surface area (Å²) >= 11 is 4.87. The second kappa shape index (κ2) is 7.43. The predicted octanol–water partition coefficient (Wildman–Crippen LogP) is 2.35. The van der Waals surface area contributed by atoms with Crippen LogP contribution in [0, 0.1) is 5.41 Å². The molecule has 6 heteroatoms. The Bertz CT molecular complexity index is 451. The monoisotopic (exact) mass is 329 g/mol. The quantitative estimate of drug-likeness (QED) is 0.426. The van der Waals surface area contributed by atoms with Crippen molar-refractivity contribution in [3.05, 3.63) is 28.2 Å². The SMILES string of the molecule is CCCNC(=O)CSc1ccc(C(=N)N)cc1Br. The lowest BCUT2D eigenvalue weighted by Gasteiger charge is -2.07. The third-order valence-electron chi connectivity index (χ3n) is 2.17. The fourth-order valence-electron chi connectivity index (χ4n) is 1.24. The molecule has 1 aromatic carbocycles. The van der Waals surface area contributed by atoms with Crippen LogP contribution in [0.3, 0.4) is 0 Å². The van der Waals surface area contributed by atoms with Gasteiger partial charge in [-0.2, -0.15) is 0 Å². The molecule has 4 N–H and O–H groups in total. The van der Waals surface area contributed by atoms with E-state index in [0.29, 0.717) is 17.9 Å². The minimum Gasteiger partial charge on any atom is -0.384 e. The molecular weight excluding hydrogens is 314 g/mol. The number of nitrogen functional groups attached to an aromatic ring is 1. The molecule has 18 heavy (non-hydrogen) atoms. The van der Waals surface area contributed by atoms with Gasteiger partial charge in [0.05, 0.1) is 5.75 Å². The van der Waals surface area contributed by atoms with E-state index in [-0.39, 0.29) is 11.7 Å². The van der Waals surface area contributed by atoms with E-state index in [9.17, 15) is 4.79 Å². The Morgan fingerprint density at radius 1 is 1.56 bits per heavy atom. The normalized spacial score (nSPS) is 10.1. The van der Waals surface area contributed by atoms with Crippen molar-refractivity contribution in [2.75, 3.05) is 12.3 Å². The van der Waals surface area contributed by atoms with Crippen LogP contribution in [0.5, 0.6) is 0 Å². The van der Waals surface area contributed by atoms with E-state index in [1.807, 2.05) is 13.0 Å². The van der Waals surface area contributed by atoms with Crippen molar-refractivity contribution in [2.24, 2.45) is 5.73 Å². The fraction of sp³-hybridized carbons (Fsp3) is 0.333. The van der Waals surface area contributed by atoms with Gasteiger partial charge in [-0.25, -0.2) is 0 Å². The highest BCUT2D eigenvalue weighted by Crippen LogP contribution is 2.28. The van der Waals surface area contributed by atoms with Gasteiger partial charge in [-0.1, -0.05) is 13.0 Å². The van der Waals surface area contributed by atoms with Crippen LogP contribution >= 0.6 is 27.7 Å². The molecule has 0 spiro atoms. The highest BCUT2D eigenvalue weighted by Gasteiger charge is 2.06. The van der Waals surface area contributed by atoms with E-state index < -0.39 is 0 Å². The second-order valence-electron chi connectivity index (χ2n) is 3.70. The molecule has 0 aliphatic rings. The Morgan fingerprint density at radius 3 is 2.83 bits per heavy atom. The molecule has 1 amide bonds. The standard InChI is InChI=1S/C12H16BrN3OS/c1-2-5-16-11(17)7-18-10-4-3-8(12(14)15)6-9(10)13/h3-4,6H,2,5,7H2,1H3,(H3,14,15)(H,16,17). The Kier molecular flexibility index (Phi) is 6.21. The number of carbonyl (C=O) groups excluding carboxylic acids is 1. The molecule has 0 aliphatic heterocycles. The number of benzene rings is 1. The summed E-state index contributed by atoms with van der Waals surface area (Å²) in [6, 6.07) is 5.42. The number of amidine groups is 1. The van der Waals surface area contributed by atoms with E-state index in [1.54, 1.807) is 12.1 Å². The van der Waals surface area contributed by atoms with Gasteiger partial charge < -0.3 is 11.1 Å². The van der Waals surface area contributed by atoms with E-state index >= 15 is 0 Å². The van der Waals surface area contributed by atoms with Crippen LogP contribution in [0.15, 0.2) is 27.6 Å². The fourth-order valence-corrected chi connectivity index (χ4v) is 2.72. The second-order valence-corrected chi connectivity index (χ2v) is 5.57. The van der Waals surface area contributed by atoms with E-state index in [4.69, 9.17) is 11.1 Å². The van der Waals surface area contributed by atoms with Crippen molar-refractivity contribution in [1.82, 2.24) is 5.32 Å². The predicted molar refractivity (Wildman–Crippen MR) is 79.2 cm³/mol. The van der Waals surface area contributed by atoms with E-state index in [2.05, 4.69) is 21.2 Å². The maximum Gasteiger partial charge on any atom is 0.230 e. The first-order valence-corrected chi connectivity index (χ1v) is 7.36. The Morgan fingerprint density at radius 2 is 2.28 bits per heavy atom. The number of hydrogen-bond donors (Lipinski definition) is 3. The van der Waals surface area contributed by atoms with Crippen molar-refractivity contribution in [2.45, 2.75) is 18.2 Å². The van der Waals surface area contributed by atoms with Gasteiger partial charge in [-0.05, 0) is 34.5 Å². The maximum atomic E-state index is 11.5. The van der Waals surface area contributed by atoms with Gasteiger partial charge in [0, 0.05) is 21.5 Å². The van der Waals surface area contributed by atoms with Crippen LogP contribution in [-0.4, -0.2) is 24.0 Å². The van der Waals surface area contributed by atoms with Crippen LogP contribution in [0.4, 0.5) is 0 Å². The van der Waals surface area contributed by atoms with E-state index in [0.717, 1.165) is 15.8 Å². The molecule has 0 fully saturated rings. The molecule has 0 bridgehead atoms. The summed E-state index contributed by atoms with van der Waals surface area (Å²) in [6.45, 7) is 2.73. The minimum atomic E-state index is 0.0318. The van der Waals surface area contributed by atoms with Crippen molar-refractivity contribution >= 4 is 39.4 Å². The molecule has 0 radical (unpaired) electrons. The molecule has 1 aromatic rings. The summed E-state index contributed by atoms with van der Waals surface area (Å²) in [4.78, 5) is 12.4. The third kappa shape index (κ3) is 4.70. The maximum absolute atomic E-state index is 11.5. The van der Waals surface area contributed by atoms with Crippen molar-refractivity contribution in [3.8, 4) is 0 Å². The Hall–Kier alpha value is -1.01. The number of amides is 1. The zero-order valence-electron chi connectivity index (χ0n) is 10.1. The lowest BCUT2D eigenvalue weighted by atomic mass is 10.2. The average molecular weight is 330 g/mol. The number of halogens is 1. The smallest absolute Gasteiger partial charge is 0.230 e. The van der Waals surface area contributed by atoms with Gasteiger partial charge in [0.1, 0.15) is 5.84 Å². The zero-order chi connectivity index (χ0) is 13.5. The van der Waals surface area contributed by atoms with Gasteiger partial charge >= 0.3 is 0 Å². The highest BCUT2D eigenvalue weighted by atomic mass is 79.9. The van der Waals surface area contributed by atoms with Crippen LogP contribution < -0.4 is 11.1 Å². The van der Waals surface area contributed by atoms with E-state index in [1.165, 1.54) is 11.8 Å². The summed E-state index contributed by atoms with van der Waals surface area (Å²) in [5.74, 6) is 0.454. The number of carbonyl (C=O) groups is 1. The van der Waals surface area contributed by atoms with Gasteiger partial charge in [0.25, 0.3) is 0 Å². The summed E-state index contributed by atoms with van der Waals surface area (Å²) in [5.41, 5.74) is 6.07. The molecule has 1 rings (SSSR count). The molecule has 4 nitrogen and oxygen atoms in total. The van der Waals surface area contributed by atoms with Crippen LogP contribution in [0.25, 0.3) is 0 Å². The van der Waals surface area contributed by atoms with Gasteiger partial charge in [0.15, 0.2) is 0 Å². The molecule has 0 unspecified atom stereocenters. The number of hydrogen-bond acceptors (Lipinski definition) is 3. The average Bonchev–Trinajstić information content (AvgIpc) is 2.34. The van der Waals surface area contributed by atoms with Crippen molar-refractivity contribution in [3.63, 3.8) is 0 Å². The first-order valence-electron chi connectivity index (χ1n) is 5.58. The topological polar surface area (TPSA) is 79.0 Å². The highest BCUT2D eigenvalue weighted by molar-refractivity contribution is 9.10. The summed E-state index contributed by atoms with van der Waals surface area (Å²) < 4.78 is 0.850. The van der Waals surface area contributed by atoms with Gasteiger partial charge in [-0.15, -0.1) is 11.8 Å². The first-order chi connectivity index (χ1) is 8.54. The number of rotatable bonds is 6. The summed E-state index contributed by atoms with van der Waals surface area (Å²) in [5, 5.41) is 10.2. The largest absolute Gasteiger partial charge is 0.384 e. The molecule has 0 saturated heterocycles.